The molecule has 1 amide bonds. The molecule has 2 aliphatic rings. The van der Waals surface area contributed by atoms with Crippen LogP contribution in [0.2, 0.25) is 0 Å². The van der Waals surface area contributed by atoms with E-state index in [1.165, 1.54) is 17.3 Å². The summed E-state index contributed by atoms with van der Waals surface area (Å²) in [4.78, 5) is 17.4. The van der Waals surface area contributed by atoms with Crippen LogP contribution in [0.3, 0.4) is 0 Å². The first kappa shape index (κ1) is 31.4. The Morgan fingerprint density at radius 3 is 2.56 bits per heavy atom. The highest BCUT2D eigenvalue weighted by molar-refractivity contribution is 8.45. The summed E-state index contributed by atoms with van der Waals surface area (Å²) in [6.45, 7) is 4.97. The van der Waals surface area contributed by atoms with Crippen LogP contribution < -0.4 is 15.5 Å². The van der Waals surface area contributed by atoms with E-state index in [2.05, 4.69) is 15.6 Å². The molecule has 2 aliphatic heterocycles. The van der Waals surface area contributed by atoms with Gasteiger partial charge in [-0.1, -0.05) is 25.5 Å². The van der Waals surface area contributed by atoms with E-state index >= 15 is 0 Å². The van der Waals surface area contributed by atoms with Gasteiger partial charge in [-0.3, -0.25) is 9.78 Å². The van der Waals surface area contributed by atoms with Crippen LogP contribution in [0.25, 0.3) is 0 Å². The number of methoxy groups -OCH3 is 1. The number of nitrogens with zero attached hydrogens (tertiary/aromatic N) is 2. The van der Waals surface area contributed by atoms with Crippen molar-refractivity contribution in [1.29, 1.82) is 0 Å². The van der Waals surface area contributed by atoms with E-state index in [-0.39, 0.29) is 40.1 Å². The lowest BCUT2D eigenvalue weighted by atomic mass is 9.93. The number of carbonyl (C=O) groups is 1. The van der Waals surface area contributed by atoms with Crippen molar-refractivity contribution in [2.75, 3.05) is 38.5 Å². The number of carbonyl (C=O) groups excluding carboxylic acids is 1. The van der Waals surface area contributed by atoms with Crippen LogP contribution in [-0.4, -0.2) is 68.3 Å². The maximum atomic E-state index is 13.9. The molecule has 8 nitrogen and oxygen atoms in total. The average molecular weight is 613 g/mol. The normalized spacial score (nSPS) is 25.1. The minimum Gasteiger partial charge on any atom is -0.380 e. The van der Waals surface area contributed by atoms with Gasteiger partial charge in [0.25, 0.3) is 0 Å². The summed E-state index contributed by atoms with van der Waals surface area (Å²) >= 11 is 0. The first-order valence-corrected chi connectivity index (χ1v) is 15.3. The fraction of sp³-hybridized carbons (Fsp3) is 0.556. The number of aromatic nitrogens is 1. The van der Waals surface area contributed by atoms with Crippen molar-refractivity contribution in [3.8, 4) is 0 Å². The van der Waals surface area contributed by atoms with Gasteiger partial charge in [-0.05, 0) is 63.4 Å². The van der Waals surface area contributed by atoms with E-state index in [0.29, 0.717) is 50.1 Å². The first-order valence-electron chi connectivity index (χ1n) is 13.3. The molecule has 0 saturated carbocycles. The minimum absolute atomic E-state index is 0. The van der Waals surface area contributed by atoms with Crippen LogP contribution in [0.5, 0.6) is 0 Å². The third-order valence-electron chi connectivity index (χ3n) is 7.28. The van der Waals surface area contributed by atoms with Crippen LogP contribution in [0.4, 0.5) is 25.1 Å². The quantitative estimate of drug-likeness (QED) is 0.231. The predicted octanol–water partition coefficient (Wildman–Crippen LogP) is 6.20. The van der Waals surface area contributed by atoms with Gasteiger partial charge in [-0.25, -0.2) is 0 Å². The van der Waals surface area contributed by atoms with E-state index in [9.17, 15) is 24.2 Å². The van der Waals surface area contributed by atoms with Crippen molar-refractivity contribution in [3.05, 3.63) is 54.4 Å². The molecule has 4 atom stereocenters. The highest BCUT2D eigenvalue weighted by Gasteiger charge is 2.65. The Bertz CT molecular complexity index is 1200. The Kier molecular flexibility index (Phi) is 8.65. The molecule has 2 fully saturated rings. The highest BCUT2D eigenvalue weighted by atomic mass is 32.5. The Balaban J connectivity index is 0.00000323. The lowest BCUT2D eigenvalue weighted by Crippen LogP contribution is -2.50. The smallest absolute Gasteiger partial charge is 0.310 e. The molecular weight excluding hydrogens is 571 g/mol. The second kappa shape index (κ2) is 11.3. The molecule has 1 aromatic carbocycles. The van der Waals surface area contributed by atoms with Crippen LogP contribution in [0.1, 0.15) is 47.6 Å². The van der Waals surface area contributed by atoms with E-state index in [4.69, 9.17) is 14.2 Å². The van der Waals surface area contributed by atoms with Gasteiger partial charge >= 0.3 is 10.2 Å². The highest BCUT2D eigenvalue weighted by Crippen LogP contribution is 3.02. The molecule has 0 bridgehead atoms. The maximum absolute atomic E-state index is 13.9. The number of rotatable bonds is 11. The zero-order valence-corrected chi connectivity index (χ0v) is 24.0. The van der Waals surface area contributed by atoms with Crippen LogP contribution in [-0.2, 0) is 19.0 Å². The van der Waals surface area contributed by atoms with E-state index in [0.717, 1.165) is 12.1 Å². The Morgan fingerprint density at radius 1 is 1.24 bits per heavy atom. The monoisotopic (exact) mass is 612 g/mol. The largest absolute Gasteiger partial charge is 0.380 e. The van der Waals surface area contributed by atoms with Gasteiger partial charge in [-0.15, -0.1) is 0 Å². The fourth-order valence-electron chi connectivity index (χ4n) is 5.22. The number of amides is 1. The van der Waals surface area contributed by atoms with Gasteiger partial charge in [0.2, 0.25) is 5.91 Å². The standard InChI is InChI=1S/C27H37F5N4O4S.2H2/c1-27(2)14-20(10-12-40-27)35-26(37)25(19-5-4-11-33-15-19)36(18-39-17-21-13-23(38-3)16-34-21)22-6-8-24(9-7-22)41(28,29,30,31)32;;/h4-9,11,15,20-21,23,25,34H,10,12-14,16-18H2,1-3H3,(H,35,37);2*1H/t20?,21-,23-,25?;;/m1../s1. The Labute approximate surface area is 239 Å². The SMILES string of the molecule is CO[C@H]1CN[C@@H](COCN(c2ccc(S(F)(F)(F)(F)F)cc2)C(C(=O)NC2CCOC(C)(C)C2)c2cccnc2)C1.[HH].[HH]. The summed E-state index contributed by atoms with van der Waals surface area (Å²) in [5, 5.41) is 6.32. The molecule has 41 heavy (non-hydrogen) atoms. The first-order chi connectivity index (χ1) is 19.0. The van der Waals surface area contributed by atoms with Crippen molar-refractivity contribution < 1.29 is 41.3 Å². The van der Waals surface area contributed by atoms with Crippen molar-refractivity contribution in [1.82, 2.24) is 15.6 Å². The number of pyridine rings is 1. The molecule has 1 aromatic heterocycles. The number of hydrogen-bond acceptors (Lipinski definition) is 7. The zero-order chi connectivity index (χ0) is 30.0. The topological polar surface area (TPSA) is 85.0 Å². The summed E-state index contributed by atoms with van der Waals surface area (Å²) in [7, 11) is -8.28. The van der Waals surface area contributed by atoms with E-state index in [1.54, 1.807) is 19.2 Å². The third-order valence-corrected chi connectivity index (χ3v) is 8.44. The van der Waals surface area contributed by atoms with Crippen LogP contribution >= 0.6 is 10.2 Å². The summed E-state index contributed by atoms with van der Waals surface area (Å²) in [6, 6.07) is 4.52. The van der Waals surface area contributed by atoms with Crippen molar-refractivity contribution in [3.63, 3.8) is 0 Å². The third kappa shape index (κ3) is 8.51. The molecule has 0 radical (unpaired) electrons. The second-order valence-corrected chi connectivity index (χ2v) is 13.5. The van der Waals surface area contributed by atoms with Gasteiger partial charge in [0.05, 0.1) is 18.3 Å². The summed E-state index contributed by atoms with van der Waals surface area (Å²) in [5.41, 5.74) is 0.106. The lowest BCUT2D eigenvalue weighted by Gasteiger charge is -2.41. The lowest BCUT2D eigenvalue weighted by molar-refractivity contribution is -0.126. The second-order valence-electron chi connectivity index (χ2n) is 11.1. The number of nitrogens with one attached hydrogen (secondary N) is 2. The molecule has 4 rings (SSSR count). The van der Waals surface area contributed by atoms with Gasteiger partial charge in [0.1, 0.15) is 17.7 Å². The molecule has 14 heteroatoms. The number of benzene rings is 1. The number of ether oxygens (including phenoxy) is 3. The molecule has 3 heterocycles. The van der Waals surface area contributed by atoms with E-state index in [1.807, 2.05) is 13.8 Å². The molecule has 0 aliphatic carbocycles. The molecule has 0 spiro atoms. The van der Waals surface area contributed by atoms with Crippen LogP contribution in [0, 0.1) is 0 Å². The minimum atomic E-state index is -9.89. The molecule has 2 aromatic rings. The van der Waals surface area contributed by atoms with Crippen LogP contribution in [0.15, 0.2) is 53.7 Å². The zero-order valence-electron chi connectivity index (χ0n) is 23.2. The van der Waals surface area contributed by atoms with Gasteiger partial charge in [0, 0.05) is 58.8 Å². The number of hydrogen-bond donors (Lipinski definition) is 2. The molecule has 2 unspecified atom stereocenters. The molecule has 234 valence electrons. The van der Waals surface area contributed by atoms with Gasteiger partial charge in [-0.2, -0.15) is 0 Å². The summed E-state index contributed by atoms with van der Waals surface area (Å²) < 4.78 is 84.3. The Morgan fingerprint density at radius 2 is 1.98 bits per heavy atom. The average Bonchev–Trinajstić information content (AvgIpc) is 3.35. The number of halogens is 5. The number of anilines is 1. The summed E-state index contributed by atoms with van der Waals surface area (Å²) in [6.07, 6.45) is 4.87. The fourth-order valence-corrected chi connectivity index (χ4v) is 5.87. The summed E-state index contributed by atoms with van der Waals surface area (Å²) in [5.74, 6) is -0.431. The van der Waals surface area contributed by atoms with Gasteiger partial charge in [0.15, 0.2) is 0 Å². The molecular formula is C27H41F5N4O4S. The van der Waals surface area contributed by atoms with Crippen molar-refractivity contribution in [2.24, 2.45) is 0 Å². The molecule has 2 N–H and O–H groups in total. The van der Waals surface area contributed by atoms with Crippen molar-refractivity contribution in [2.45, 2.75) is 67.8 Å². The van der Waals surface area contributed by atoms with Crippen molar-refractivity contribution >= 4 is 21.8 Å². The van der Waals surface area contributed by atoms with E-state index < -0.39 is 32.7 Å². The Hall–Kier alpha value is -2.52. The van der Waals surface area contributed by atoms with Gasteiger partial charge < -0.3 is 29.7 Å². The molecule has 2 saturated heterocycles. The maximum Gasteiger partial charge on any atom is 0.310 e. The predicted molar refractivity (Wildman–Crippen MR) is 151 cm³/mol.